The number of benzene rings is 1. The van der Waals surface area contributed by atoms with Crippen LogP contribution in [0.3, 0.4) is 0 Å². The minimum absolute atomic E-state index is 0.116. The Morgan fingerprint density at radius 1 is 1.32 bits per heavy atom. The number of nitrogens with two attached hydrogens (primary N) is 1. The lowest BCUT2D eigenvalue weighted by Crippen LogP contribution is -2.35. The van der Waals surface area contributed by atoms with Gasteiger partial charge in [0.1, 0.15) is 0 Å². The van der Waals surface area contributed by atoms with E-state index in [9.17, 15) is 13.2 Å². The molecule has 0 saturated carbocycles. The molecule has 1 amide bonds. The van der Waals surface area contributed by atoms with Gasteiger partial charge in [-0.05, 0) is 49.4 Å². The summed E-state index contributed by atoms with van der Waals surface area (Å²) in [5.41, 5.74) is 6.26. The summed E-state index contributed by atoms with van der Waals surface area (Å²) in [5.74, 6) is 0.345. The third-order valence-corrected chi connectivity index (χ3v) is 6.01. The fourth-order valence-corrected chi connectivity index (χ4v) is 3.80. The average molecular weight is 324 g/mol. The van der Waals surface area contributed by atoms with Crippen LogP contribution in [0, 0.1) is 5.92 Å². The number of anilines is 1. The van der Waals surface area contributed by atoms with Crippen molar-refractivity contribution in [2.24, 2.45) is 11.7 Å². The summed E-state index contributed by atoms with van der Waals surface area (Å²) in [4.78, 5) is 13.5. The molecule has 1 unspecified atom stereocenters. The Balaban J connectivity index is 2.03. The van der Waals surface area contributed by atoms with Crippen LogP contribution in [-0.4, -0.2) is 33.2 Å². The number of hydrogen-bond donors (Lipinski definition) is 1. The summed E-state index contributed by atoms with van der Waals surface area (Å²) in [7, 11) is -3.14. The third kappa shape index (κ3) is 4.22. The van der Waals surface area contributed by atoms with Gasteiger partial charge in [0.15, 0.2) is 9.84 Å². The predicted molar refractivity (Wildman–Crippen MR) is 87.5 cm³/mol. The minimum atomic E-state index is -3.14. The van der Waals surface area contributed by atoms with Gasteiger partial charge < -0.3 is 10.6 Å². The molecule has 1 fully saturated rings. The van der Waals surface area contributed by atoms with Crippen molar-refractivity contribution in [3.05, 3.63) is 24.3 Å². The van der Waals surface area contributed by atoms with Crippen LogP contribution in [0.4, 0.5) is 5.69 Å². The van der Waals surface area contributed by atoms with E-state index in [1.54, 1.807) is 19.1 Å². The summed E-state index contributed by atoms with van der Waals surface area (Å²) in [6.45, 7) is 3.51. The number of hydrogen-bond acceptors (Lipinski definition) is 4. The van der Waals surface area contributed by atoms with Crippen molar-refractivity contribution in [3.8, 4) is 0 Å². The molecule has 22 heavy (non-hydrogen) atoms. The minimum Gasteiger partial charge on any atom is -0.371 e. The van der Waals surface area contributed by atoms with Crippen molar-refractivity contribution in [3.63, 3.8) is 0 Å². The lowest BCUT2D eigenvalue weighted by atomic mass is 9.93. The van der Waals surface area contributed by atoms with Crippen molar-refractivity contribution in [1.29, 1.82) is 0 Å². The normalized spacial score (nSPS) is 19.1. The van der Waals surface area contributed by atoms with E-state index in [0.717, 1.165) is 38.0 Å². The van der Waals surface area contributed by atoms with E-state index in [-0.39, 0.29) is 11.7 Å². The number of carbonyl (C=O) groups excluding carboxylic acids is 1. The van der Waals surface area contributed by atoms with Crippen LogP contribution in [0.25, 0.3) is 0 Å². The van der Waals surface area contributed by atoms with Crippen molar-refractivity contribution in [2.45, 2.75) is 37.5 Å². The van der Waals surface area contributed by atoms with Gasteiger partial charge in [-0.25, -0.2) is 8.42 Å². The van der Waals surface area contributed by atoms with Gasteiger partial charge in [0.2, 0.25) is 5.91 Å². The summed E-state index contributed by atoms with van der Waals surface area (Å²) < 4.78 is 23.7. The molecule has 1 aliphatic heterocycles. The molecule has 122 valence electrons. The molecule has 0 radical (unpaired) electrons. The maximum atomic E-state index is 11.8. The quantitative estimate of drug-likeness (QED) is 0.867. The van der Waals surface area contributed by atoms with Gasteiger partial charge in [0, 0.05) is 25.2 Å². The Morgan fingerprint density at radius 3 is 2.59 bits per heavy atom. The first-order valence-corrected chi connectivity index (χ1v) is 9.43. The van der Waals surface area contributed by atoms with Crippen molar-refractivity contribution < 1.29 is 13.2 Å². The molecule has 1 heterocycles. The zero-order valence-electron chi connectivity index (χ0n) is 13.0. The van der Waals surface area contributed by atoms with Crippen LogP contribution in [0.1, 0.15) is 32.6 Å². The number of rotatable bonds is 6. The van der Waals surface area contributed by atoms with Crippen LogP contribution >= 0.6 is 0 Å². The first-order chi connectivity index (χ1) is 10.4. The van der Waals surface area contributed by atoms with E-state index < -0.39 is 9.84 Å². The van der Waals surface area contributed by atoms with Crippen molar-refractivity contribution in [1.82, 2.24) is 0 Å². The zero-order valence-corrected chi connectivity index (χ0v) is 13.8. The molecule has 2 N–H and O–H groups in total. The maximum Gasteiger partial charge on any atom is 0.217 e. The Morgan fingerprint density at radius 2 is 2.00 bits per heavy atom. The van der Waals surface area contributed by atoms with Crippen LogP contribution in [0.5, 0.6) is 0 Å². The van der Waals surface area contributed by atoms with Gasteiger partial charge in [-0.15, -0.1) is 0 Å². The average Bonchev–Trinajstić information content (AvgIpc) is 2.53. The number of amides is 1. The molecule has 0 spiro atoms. The van der Waals surface area contributed by atoms with Crippen LogP contribution in [-0.2, 0) is 14.6 Å². The highest BCUT2D eigenvalue weighted by atomic mass is 32.2. The van der Waals surface area contributed by atoms with E-state index in [1.165, 1.54) is 0 Å². The predicted octanol–water partition coefficient (Wildman–Crippen LogP) is 1.96. The van der Waals surface area contributed by atoms with Crippen molar-refractivity contribution >= 4 is 21.4 Å². The lowest BCUT2D eigenvalue weighted by molar-refractivity contribution is -0.118. The molecule has 1 aromatic rings. The van der Waals surface area contributed by atoms with Gasteiger partial charge in [-0.1, -0.05) is 6.92 Å². The molecule has 0 aliphatic carbocycles. The van der Waals surface area contributed by atoms with Crippen LogP contribution < -0.4 is 10.6 Å². The van der Waals surface area contributed by atoms with E-state index in [4.69, 9.17) is 5.73 Å². The monoisotopic (exact) mass is 324 g/mol. The van der Waals surface area contributed by atoms with Crippen molar-refractivity contribution in [2.75, 3.05) is 23.7 Å². The molecule has 1 aromatic carbocycles. The Bertz CT molecular complexity index is 611. The first kappa shape index (κ1) is 16.8. The molecule has 0 aromatic heterocycles. The molecule has 0 bridgehead atoms. The maximum absolute atomic E-state index is 11.8. The molecule has 1 saturated heterocycles. The molecule has 2 rings (SSSR count). The SMILES string of the molecule is CCS(=O)(=O)c1ccc(N2CCCC(CCC(N)=O)C2)cc1. The molecule has 5 nitrogen and oxygen atoms in total. The molecule has 1 aliphatic rings. The second-order valence-corrected chi connectivity index (χ2v) is 8.13. The van der Waals surface area contributed by atoms with E-state index >= 15 is 0 Å². The van der Waals surface area contributed by atoms with E-state index in [2.05, 4.69) is 4.90 Å². The number of piperidine rings is 1. The molecular formula is C16H24N2O3S. The van der Waals surface area contributed by atoms with Crippen LogP contribution in [0.15, 0.2) is 29.2 Å². The third-order valence-electron chi connectivity index (χ3n) is 4.26. The standard InChI is InChI=1S/C16H24N2O3S/c1-2-22(20,21)15-8-6-14(7-9-15)18-11-3-4-13(12-18)5-10-16(17)19/h6-9,13H,2-5,10-12H2,1H3,(H2,17,19). The topological polar surface area (TPSA) is 80.5 Å². The fraction of sp³-hybridized carbons (Fsp3) is 0.562. The highest BCUT2D eigenvalue weighted by molar-refractivity contribution is 7.91. The Labute approximate surface area is 132 Å². The van der Waals surface area contributed by atoms with Gasteiger partial charge in [-0.3, -0.25) is 4.79 Å². The van der Waals surface area contributed by atoms with Gasteiger partial charge in [-0.2, -0.15) is 0 Å². The largest absolute Gasteiger partial charge is 0.371 e. The first-order valence-electron chi connectivity index (χ1n) is 7.78. The fourth-order valence-electron chi connectivity index (χ4n) is 2.91. The van der Waals surface area contributed by atoms with Gasteiger partial charge in [0.25, 0.3) is 0 Å². The highest BCUT2D eigenvalue weighted by Crippen LogP contribution is 2.26. The Kier molecular flexibility index (Phi) is 5.45. The lowest BCUT2D eigenvalue weighted by Gasteiger charge is -2.34. The smallest absolute Gasteiger partial charge is 0.217 e. The van der Waals surface area contributed by atoms with E-state index in [0.29, 0.717) is 17.2 Å². The number of primary amides is 1. The second-order valence-electron chi connectivity index (χ2n) is 5.86. The molecular weight excluding hydrogens is 300 g/mol. The molecule has 1 atom stereocenters. The second kappa shape index (κ2) is 7.13. The van der Waals surface area contributed by atoms with Crippen LogP contribution in [0.2, 0.25) is 0 Å². The highest BCUT2D eigenvalue weighted by Gasteiger charge is 2.21. The summed E-state index contributed by atoms with van der Waals surface area (Å²) in [6.07, 6.45) is 3.46. The van der Waals surface area contributed by atoms with E-state index in [1.807, 2.05) is 12.1 Å². The number of nitrogens with zero attached hydrogens (tertiary/aromatic N) is 1. The van der Waals surface area contributed by atoms with Gasteiger partial charge >= 0.3 is 0 Å². The zero-order chi connectivity index (χ0) is 16.2. The summed E-state index contributed by atoms with van der Waals surface area (Å²) >= 11 is 0. The van der Waals surface area contributed by atoms with Gasteiger partial charge in [0.05, 0.1) is 10.6 Å². The Hall–Kier alpha value is -1.56. The number of carbonyl (C=O) groups is 1. The molecule has 6 heteroatoms. The summed E-state index contributed by atoms with van der Waals surface area (Å²) in [6, 6.07) is 7.11. The number of sulfone groups is 1. The summed E-state index contributed by atoms with van der Waals surface area (Å²) in [5, 5.41) is 0.